The summed E-state index contributed by atoms with van der Waals surface area (Å²) in [4.78, 5) is 23.6. The molecule has 0 aliphatic carbocycles. The Kier molecular flexibility index (Phi) is 5.35. The highest BCUT2D eigenvalue weighted by Gasteiger charge is 2.12. The van der Waals surface area contributed by atoms with E-state index < -0.39 is 11.8 Å². The standard InChI is InChI=1S/C26H22N4O2/c27-19-9-11-21(25(29)31)23(13-19)17-5-1-15(2-6-17)16-3-7-18(8-4-16)24-14-20(28)10-12-22(24)26(30)32/h1-14H,27-28H2,(H2,29,31)(H2,30,32). The SMILES string of the molecule is NC(=O)c1ccc(N)cc1-c1ccc(-c2ccc(-c3cc(N)ccc3C(N)=O)cc2)cc1. The van der Waals surface area contributed by atoms with E-state index in [2.05, 4.69) is 0 Å². The molecule has 0 unspecified atom stereocenters. The van der Waals surface area contributed by atoms with E-state index in [1.807, 2.05) is 48.5 Å². The largest absolute Gasteiger partial charge is 0.399 e. The van der Waals surface area contributed by atoms with Gasteiger partial charge in [-0.05, 0) is 69.8 Å². The van der Waals surface area contributed by atoms with E-state index in [-0.39, 0.29) is 0 Å². The highest BCUT2D eigenvalue weighted by molar-refractivity contribution is 6.01. The van der Waals surface area contributed by atoms with Crippen LogP contribution >= 0.6 is 0 Å². The molecular weight excluding hydrogens is 400 g/mol. The smallest absolute Gasteiger partial charge is 0.249 e. The van der Waals surface area contributed by atoms with E-state index in [1.165, 1.54) is 0 Å². The van der Waals surface area contributed by atoms with Gasteiger partial charge in [-0.1, -0.05) is 48.5 Å². The highest BCUT2D eigenvalue weighted by atomic mass is 16.1. The fourth-order valence-corrected chi connectivity index (χ4v) is 3.72. The molecule has 0 fully saturated rings. The third kappa shape index (κ3) is 4.02. The van der Waals surface area contributed by atoms with Crippen molar-refractivity contribution in [3.8, 4) is 33.4 Å². The Balaban J connectivity index is 1.66. The van der Waals surface area contributed by atoms with Crippen LogP contribution in [0.2, 0.25) is 0 Å². The van der Waals surface area contributed by atoms with Crippen molar-refractivity contribution in [3.05, 3.63) is 96.1 Å². The number of nitrogens with two attached hydrogens (primary N) is 4. The van der Waals surface area contributed by atoms with Crippen LogP contribution in [0.4, 0.5) is 11.4 Å². The summed E-state index contributed by atoms with van der Waals surface area (Å²) < 4.78 is 0. The zero-order chi connectivity index (χ0) is 22.8. The quantitative estimate of drug-likeness (QED) is 0.360. The van der Waals surface area contributed by atoms with Gasteiger partial charge < -0.3 is 22.9 Å². The number of carbonyl (C=O) groups excluding carboxylic acids is 2. The van der Waals surface area contributed by atoms with E-state index in [0.717, 1.165) is 22.3 Å². The fourth-order valence-electron chi connectivity index (χ4n) is 3.72. The molecule has 4 aromatic carbocycles. The number of carbonyl (C=O) groups is 2. The molecule has 6 nitrogen and oxygen atoms in total. The van der Waals surface area contributed by atoms with Crippen molar-refractivity contribution >= 4 is 23.2 Å². The summed E-state index contributed by atoms with van der Waals surface area (Å²) in [6.07, 6.45) is 0. The summed E-state index contributed by atoms with van der Waals surface area (Å²) in [5.41, 5.74) is 29.8. The van der Waals surface area contributed by atoms with Crippen LogP contribution < -0.4 is 22.9 Å². The summed E-state index contributed by atoms with van der Waals surface area (Å²) in [6, 6.07) is 25.6. The lowest BCUT2D eigenvalue weighted by molar-refractivity contribution is 0.0992. The first-order valence-corrected chi connectivity index (χ1v) is 9.93. The maximum absolute atomic E-state index is 11.8. The maximum Gasteiger partial charge on any atom is 0.249 e. The number of hydrogen-bond acceptors (Lipinski definition) is 4. The van der Waals surface area contributed by atoms with Gasteiger partial charge >= 0.3 is 0 Å². The van der Waals surface area contributed by atoms with Gasteiger partial charge in [-0.2, -0.15) is 0 Å². The van der Waals surface area contributed by atoms with E-state index in [9.17, 15) is 9.59 Å². The molecule has 2 amide bonds. The number of hydrogen-bond donors (Lipinski definition) is 4. The summed E-state index contributed by atoms with van der Waals surface area (Å²) in [6.45, 7) is 0. The molecule has 4 aromatic rings. The molecule has 0 aliphatic heterocycles. The Morgan fingerprint density at radius 1 is 0.469 bits per heavy atom. The normalized spacial score (nSPS) is 10.6. The minimum absolute atomic E-state index is 0.420. The van der Waals surface area contributed by atoms with Gasteiger partial charge in [0.2, 0.25) is 11.8 Å². The molecule has 4 rings (SSSR count). The van der Waals surface area contributed by atoms with Crippen molar-refractivity contribution in [3.63, 3.8) is 0 Å². The first kappa shape index (κ1) is 20.7. The number of anilines is 2. The highest BCUT2D eigenvalue weighted by Crippen LogP contribution is 2.31. The fraction of sp³-hybridized carbons (Fsp3) is 0. The summed E-state index contributed by atoms with van der Waals surface area (Å²) in [7, 11) is 0. The second kappa shape index (κ2) is 8.28. The first-order valence-electron chi connectivity index (χ1n) is 9.93. The van der Waals surface area contributed by atoms with Gasteiger partial charge in [-0.15, -0.1) is 0 Å². The summed E-state index contributed by atoms with van der Waals surface area (Å²) >= 11 is 0. The topological polar surface area (TPSA) is 138 Å². The van der Waals surface area contributed by atoms with Crippen LogP contribution in [-0.2, 0) is 0 Å². The third-order valence-electron chi connectivity index (χ3n) is 5.34. The predicted octanol–water partition coefficient (Wildman–Crippen LogP) is 4.05. The molecule has 6 heteroatoms. The molecule has 0 spiro atoms. The van der Waals surface area contributed by atoms with Gasteiger partial charge in [0, 0.05) is 22.5 Å². The van der Waals surface area contributed by atoms with Gasteiger partial charge in [0.1, 0.15) is 0 Å². The Morgan fingerprint density at radius 3 is 1.09 bits per heavy atom. The van der Waals surface area contributed by atoms with E-state index >= 15 is 0 Å². The van der Waals surface area contributed by atoms with E-state index in [0.29, 0.717) is 33.6 Å². The lowest BCUT2D eigenvalue weighted by atomic mass is 9.94. The molecule has 0 heterocycles. The van der Waals surface area contributed by atoms with Gasteiger partial charge in [-0.3, -0.25) is 9.59 Å². The number of rotatable bonds is 5. The van der Waals surface area contributed by atoms with Gasteiger partial charge in [-0.25, -0.2) is 0 Å². The second-order valence-corrected chi connectivity index (χ2v) is 7.49. The number of primary amides is 2. The lowest BCUT2D eigenvalue weighted by Gasteiger charge is -2.11. The zero-order valence-electron chi connectivity index (χ0n) is 17.2. The van der Waals surface area contributed by atoms with Crippen molar-refractivity contribution in [1.29, 1.82) is 0 Å². The van der Waals surface area contributed by atoms with Gasteiger partial charge in [0.05, 0.1) is 0 Å². The molecule has 158 valence electrons. The minimum Gasteiger partial charge on any atom is -0.399 e. The molecule has 0 saturated heterocycles. The van der Waals surface area contributed by atoms with Crippen molar-refractivity contribution in [2.45, 2.75) is 0 Å². The molecule has 8 N–H and O–H groups in total. The second-order valence-electron chi connectivity index (χ2n) is 7.49. The van der Waals surface area contributed by atoms with Crippen molar-refractivity contribution < 1.29 is 9.59 Å². The van der Waals surface area contributed by atoms with Crippen molar-refractivity contribution in [2.24, 2.45) is 11.5 Å². The Morgan fingerprint density at radius 2 is 0.781 bits per heavy atom. The molecule has 0 atom stereocenters. The van der Waals surface area contributed by atoms with Crippen LogP contribution in [0.15, 0.2) is 84.9 Å². The van der Waals surface area contributed by atoms with E-state index in [4.69, 9.17) is 22.9 Å². The van der Waals surface area contributed by atoms with Crippen LogP contribution in [-0.4, -0.2) is 11.8 Å². The number of amides is 2. The van der Waals surface area contributed by atoms with Gasteiger partial charge in [0.25, 0.3) is 0 Å². The Hall–Kier alpha value is -4.58. The Labute approximate surface area is 185 Å². The van der Waals surface area contributed by atoms with Crippen LogP contribution in [0.5, 0.6) is 0 Å². The number of nitrogen functional groups attached to an aromatic ring is 2. The predicted molar refractivity (Wildman–Crippen MR) is 129 cm³/mol. The molecule has 0 saturated carbocycles. The summed E-state index contributed by atoms with van der Waals surface area (Å²) in [5.74, 6) is -1.01. The Bertz CT molecular complexity index is 1220. The van der Waals surface area contributed by atoms with Crippen LogP contribution in [0.25, 0.3) is 33.4 Å². The lowest BCUT2D eigenvalue weighted by Crippen LogP contribution is -2.12. The third-order valence-corrected chi connectivity index (χ3v) is 5.34. The molecule has 0 radical (unpaired) electrons. The van der Waals surface area contributed by atoms with Crippen LogP contribution in [0.3, 0.4) is 0 Å². The molecule has 0 bridgehead atoms. The molecule has 32 heavy (non-hydrogen) atoms. The molecule has 0 aromatic heterocycles. The van der Waals surface area contributed by atoms with Crippen molar-refractivity contribution in [2.75, 3.05) is 11.5 Å². The zero-order valence-corrected chi connectivity index (χ0v) is 17.2. The number of benzene rings is 4. The molecular formula is C26H22N4O2. The minimum atomic E-state index is -0.503. The van der Waals surface area contributed by atoms with Crippen LogP contribution in [0.1, 0.15) is 20.7 Å². The average molecular weight is 422 g/mol. The van der Waals surface area contributed by atoms with Gasteiger partial charge in [0.15, 0.2) is 0 Å². The monoisotopic (exact) mass is 422 g/mol. The maximum atomic E-state index is 11.8. The van der Waals surface area contributed by atoms with Crippen molar-refractivity contribution in [1.82, 2.24) is 0 Å². The average Bonchev–Trinajstić information content (AvgIpc) is 2.79. The first-order chi connectivity index (χ1) is 15.3. The summed E-state index contributed by atoms with van der Waals surface area (Å²) in [5, 5.41) is 0. The van der Waals surface area contributed by atoms with E-state index in [1.54, 1.807) is 36.4 Å². The van der Waals surface area contributed by atoms with Crippen LogP contribution in [0, 0.1) is 0 Å². The molecule has 0 aliphatic rings.